The first-order valence-corrected chi connectivity index (χ1v) is 9.46. The lowest BCUT2D eigenvalue weighted by Gasteiger charge is -2.11. The SMILES string of the molecule is Cc1ccc(CCNS(=O)(=O)c2cc(C)c(Cl)cc2Cl)c(C)c1. The first-order chi connectivity index (χ1) is 10.7. The summed E-state index contributed by atoms with van der Waals surface area (Å²) in [6, 6.07) is 9.08. The van der Waals surface area contributed by atoms with Gasteiger partial charge in [-0.05, 0) is 56.0 Å². The molecule has 0 unspecified atom stereocenters. The standard InChI is InChI=1S/C17H19Cl2NO2S/c1-11-4-5-14(12(2)8-11)6-7-20-23(21,22)17-9-13(3)15(18)10-16(17)19/h4-5,8-10,20H,6-7H2,1-3H3. The monoisotopic (exact) mass is 371 g/mol. The molecule has 0 saturated heterocycles. The van der Waals surface area contributed by atoms with Crippen molar-refractivity contribution in [3.8, 4) is 0 Å². The van der Waals surface area contributed by atoms with E-state index in [1.807, 2.05) is 26.0 Å². The second kappa shape index (κ2) is 7.22. The molecule has 0 heterocycles. The Morgan fingerprint density at radius 1 is 0.957 bits per heavy atom. The van der Waals surface area contributed by atoms with Gasteiger partial charge in [0, 0.05) is 11.6 Å². The fourth-order valence-corrected chi connectivity index (χ4v) is 4.22. The predicted molar refractivity (Wildman–Crippen MR) is 96.0 cm³/mol. The summed E-state index contributed by atoms with van der Waals surface area (Å²) in [5.74, 6) is 0. The quantitative estimate of drug-likeness (QED) is 0.844. The van der Waals surface area contributed by atoms with E-state index in [0.29, 0.717) is 23.6 Å². The maximum Gasteiger partial charge on any atom is 0.242 e. The van der Waals surface area contributed by atoms with Crippen LogP contribution < -0.4 is 4.72 Å². The molecule has 2 aromatic carbocycles. The molecule has 0 amide bonds. The normalized spacial score (nSPS) is 11.7. The van der Waals surface area contributed by atoms with Crippen molar-refractivity contribution < 1.29 is 8.42 Å². The number of aryl methyl sites for hydroxylation is 3. The Bertz CT molecular complexity index is 833. The lowest BCUT2D eigenvalue weighted by molar-refractivity contribution is 0.581. The number of nitrogens with one attached hydrogen (secondary N) is 1. The third-order valence-corrected chi connectivity index (χ3v) is 6.02. The summed E-state index contributed by atoms with van der Waals surface area (Å²) in [5, 5.41) is 0.573. The number of rotatable bonds is 5. The van der Waals surface area contributed by atoms with Gasteiger partial charge in [0.05, 0.1) is 5.02 Å². The molecule has 2 aromatic rings. The van der Waals surface area contributed by atoms with Gasteiger partial charge in [0.2, 0.25) is 10.0 Å². The minimum absolute atomic E-state index is 0.0571. The maximum atomic E-state index is 12.4. The van der Waals surface area contributed by atoms with E-state index in [-0.39, 0.29) is 9.92 Å². The van der Waals surface area contributed by atoms with Crippen LogP contribution in [0.15, 0.2) is 35.2 Å². The summed E-state index contributed by atoms with van der Waals surface area (Å²) in [6.07, 6.45) is 0.621. The van der Waals surface area contributed by atoms with Gasteiger partial charge in [-0.15, -0.1) is 0 Å². The van der Waals surface area contributed by atoms with Gasteiger partial charge in [-0.3, -0.25) is 0 Å². The van der Waals surface area contributed by atoms with E-state index in [4.69, 9.17) is 23.2 Å². The molecule has 0 aliphatic carbocycles. The number of halogens is 2. The van der Waals surface area contributed by atoms with Crippen molar-refractivity contribution >= 4 is 33.2 Å². The molecule has 2 rings (SSSR count). The van der Waals surface area contributed by atoms with Gasteiger partial charge >= 0.3 is 0 Å². The molecule has 3 nitrogen and oxygen atoms in total. The van der Waals surface area contributed by atoms with Crippen molar-refractivity contribution in [2.45, 2.75) is 32.1 Å². The van der Waals surface area contributed by atoms with Gasteiger partial charge < -0.3 is 0 Å². The molecule has 0 spiro atoms. The summed E-state index contributed by atoms with van der Waals surface area (Å²) in [4.78, 5) is 0.0571. The van der Waals surface area contributed by atoms with Crippen LogP contribution in [0.25, 0.3) is 0 Å². The molecule has 0 aromatic heterocycles. The predicted octanol–water partition coefficient (Wildman–Crippen LogP) is 4.44. The summed E-state index contributed by atoms with van der Waals surface area (Å²) >= 11 is 12.0. The Morgan fingerprint density at radius 2 is 1.65 bits per heavy atom. The van der Waals surface area contributed by atoms with Crippen molar-refractivity contribution in [1.29, 1.82) is 0 Å². The van der Waals surface area contributed by atoms with Crippen molar-refractivity contribution in [2.75, 3.05) is 6.54 Å². The molecular formula is C17H19Cl2NO2S. The van der Waals surface area contributed by atoms with E-state index in [1.54, 1.807) is 6.92 Å². The molecule has 124 valence electrons. The van der Waals surface area contributed by atoms with Crippen molar-refractivity contribution in [3.63, 3.8) is 0 Å². The van der Waals surface area contributed by atoms with E-state index in [0.717, 1.165) is 11.1 Å². The zero-order valence-electron chi connectivity index (χ0n) is 13.3. The van der Waals surface area contributed by atoms with Gasteiger partial charge in [0.25, 0.3) is 0 Å². The zero-order valence-corrected chi connectivity index (χ0v) is 15.6. The highest BCUT2D eigenvalue weighted by molar-refractivity contribution is 7.89. The molecule has 0 fully saturated rings. The van der Waals surface area contributed by atoms with Crippen LogP contribution in [0.2, 0.25) is 10.0 Å². The van der Waals surface area contributed by atoms with Gasteiger partial charge in [-0.2, -0.15) is 0 Å². The van der Waals surface area contributed by atoms with Gasteiger partial charge in [-0.1, -0.05) is 47.0 Å². The molecule has 6 heteroatoms. The number of benzene rings is 2. The number of hydrogen-bond donors (Lipinski definition) is 1. The highest BCUT2D eigenvalue weighted by Crippen LogP contribution is 2.28. The molecule has 0 radical (unpaired) electrons. The first-order valence-electron chi connectivity index (χ1n) is 7.22. The van der Waals surface area contributed by atoms with Crippen LogP contribution in [0.3, 0.4) is 0 Å². The van der Waals surface area contributed by atoms with E-state index >= 15 is 0 Å². The van der Waals surface area contributed by atoms with E-state index in [9.17, 15) is 8.42 Å². The Hall–Kier alpha value is -1.07. The van der Waals surface area contributed by atoms with E-state index in [2.05, 4.69) is 10.8 Å². The fourth-order valence-electron chi connectivity index (χ4n) is 2.36. The van der Waals surface area contributed by atoms with Gasteiger partial charge in [-0.25, -0.2) is 13.1 Å². The Morgan fingerprint density at radius 3 is 2.30 bits per heavy atom. The highest BCUT2D eigenvalue weighted by Gasteiger charge is 2.19. The van der Waals surface area contributed by atoms with Gasteiger partial charge in [0.15, 0.2) is 0 Å². The molecule has 0 aliphatic rings. The minimum Gasteiger partial charge on any atom is -0.211 e. The molecule has 1 N–H and O–H groups in total. The van der Waals surface area contributed by atoms with E-state index < -0.39 is 10.0 Å². The van der Waals surface area contributed by atoms with Crippen molar-refractivity contribution in [1.82, 2.24) is 4.72 Å². The summed E-state index contributed by atoms with van der Waals surface area (Å²) in [7, 11) is -3.66. The molecular weight excluding hydrogens is 353 g/mol. The topological polar surface area (TPSA) is 46.2 Å². The minimum atomic E-state index is -3.66. The second-order valence-corrected chi connectivity index (χ2v) is 8.16. The molecule has 23 heavy (non-hydrogen) atoms. The van der Waals surface area contributed by atoms with Crippen LogP contribution in [-0.4, -0.2) is 15.0 Å². The van der Waals surface area contributed by atoms with Crippen LogP contribution in [0, 0.1) is 20.8 Å². The summed E-state index contributed by atoms with van der Waals surface area (Å²) < 4.78 is 27.4. The van der Waals surface area contributed by atoms with Crippen LogP contribution in [-0.2, 0) is 16.4 Å². The van der Waals surface area contributed by atoms with Crippen LogP contribution in [0.4, 0.5) is 0 Å². The molecule has 0 aliphatic heterocycles. The number of hydrogen-bond acceptors (Lipinski definition) is 2. The lowest BCUT2D eigenvalue weighted by Crippen LogP contribution is -2.26. The summed E-state index contributed by atoms with van der Waals surface area (Å²) in [6.45, 7) is 6.11. The third kappa shape index (κ3) is 4.48. The average Bonchev–Trinajstić information content (AvgIpc) is 2.45. The highest BCUT2D eigenvalue weighted by atomic mass is 35.5. The average molecular weight is 372 g/mol. The maximum absolute atomic E-state index is 12.4. The van der Waals surface area contributed by atoms with Crippen LogP contribution in [0.1, 0.15) is 22.3 Å². The van der Waals surface area contributed by atoms with Crippen LogP contribution >= 0.6 is 23.2 Å². The third-order valence-electron chi connectivity index (χ3n) is 3.69. The smallest absolute Gasteiger partial charge is 0.211 e. The zero-order chi connectivity index (χ0) is 17.2. The van der Waals surface area contributed by atoms with Crippen molar-refractivity contribution in [3.05, 3.63) is 62.6 Å². The lowest BCUT2D eigenvalue weighted by atomic mass is 10.0. The Kier molecular flexibility index (Phi) is 5.74. The molecule has 0 bridgehead atoms. The van der Waals surface area contributed by atoms with Gasteiger partial charge in [0.1, 0.15) is 4.90 Å². The fraction of sp³-hybridized carbons (Fsp3) is 0.294. The largest absolute Gasteiger partial charge is 0.242 e. The Labute approximate surface area is 147 Å². The first kappa shape index (κ1) is 18.3. The van der Waals surface area contributed by atoms with E-state index in [1.165, 1.54) is 17.7 Å². The molecule has 0 saturated carbocycles. The second-order valence-electron chi connectivity index (χ2n) is 5.61. The van der Waals surface area contributed by atoms with Crippen LogP contribution in [0.5, 0.6) is 0 Å². The summed E-state index contributed by atoms with van der Waals surface area (Å²) in [5.41, 5.74) is 4.14. The Balaban J connectivity index is 2.12. The molecule has 0 atom stereocenters. The number of sulfonamides is 1. The van der Waals surface area contributed by atoms with Crippen molar-refractivity contribution in [2.24, 2.45) is 0 Å².